The minimum absolute atomic E-state index is 0.0156. The molecule has 0 spiro atoms. The van der Waals surface area contributed by atoms with Gasteiger partial charge in [-0.2, -0.15) is 0 Å². The Kier molecular flexibility index (Phi) is 5.91. The Morgan fingerprint density at radius 1 is 1.15 bits per heavy atom. The van der Waals surface area contributed by atoms with Gasteiger partial charge in [0.15, 0.2) is 6.61 Å². The van der Waals surface area contributed by atoms with Gasteiger partial charge in [-0.15, -0.1) is 11.3 Å². The summed E-state index contributed by atoms with van der Waals surface area (Å²) in [7, 11) is 0. The van der Waals surface area contributed by atoms with E-state index in [1.54, 1.807) is 0 Å². The number of hydrogen-bond donors (Lipinski definition) is 1. The molecule has 26 heavy (non-hydrogen) atoms. The van der Waals surface area contributed by atoms with Crippen LogP contribution >= 0.6 is 22.9 Å². The number of aryl methyl sites for hydroxylation is 2. The van der Waals surface area contributed by atoms with Gasteiger partial charge in [-0.1, -0.05) is 29.8 Å². The van der Waals surface area contributed by atoms with Crippen LogP contribution in [0.2, 0.25) is 5.02 Å². The molecular weight excluding hydrogens is 368 g/mol. The number of ether oxygens (including phenoxy) is 1. The van der Waals surface area contributed by atoms with Crippen LogP contribution in [0.15, 0.2) is 47.8 Å². The molecule has 1 amide bonds. The fourth-order valence-corrected chi connectivity index (χ4v) is 3.40. The number of amides is 1. The second kappa shape index (κ2) is 8.34. The van der Waals surface area contributed by atoms with Gasteiger partial charge in [-0.3, -0.25) is 4.79 Å². The van der Waals surface area contributed by atoms with Crippen LogP contribution in [0, 0.1) is 13.8 Å². The molecule has 0 atom stereocenters. The second-order valence-electron chi connectivity index (χ2n) is 6.02. The van der Waals surface area contributed by atoms with E-state index in [-0.39, 0.29) is 12.5 Å². The van der Waals surface area contributed by atoms with Crippen molar-refractivity contribution in [3.63, 3.8) is 0 Å². The van der Waals surface area contributed by atoms with Crippen LogP contribution in [0.1, 0.15) is 16.1 Å². The lowest BCUT2D eigenvalue weighted by Gasteiger charge is -2.08. The summed E-state index contributed by atoms with van der Waals surface area (Å²) in [4.78, 5) is 16.5. The SMILES string of the molecule is Cc1cc(C)cc(OCC(=O)NCc2nc(-c3ccc(Cl)cc3)cs2)c1. The molecular formula is C20H19ClN2O2S. The van der Waals surface area contributed by atoms with Crippen molar-refractivity contribution in [2.45, 2.75) is 20.4 Å². The number of carbonyl (C=O) groups is 1. The van der Waals surface area contributed by atoms with Crippen molar-refractivity contribution in [3.8, 4) is 17.0 Å². The zero-order valence-electron chi connectivity index (χ0n) is 14.6. The largest absolute Gasteiger partial charge is 0.484 e. The molecule has 0 unspecified atom stereocenters. The number of benzene rings is 2. The minimum atomic E-state index is -0.174. The van der Waals surface area contributed by atoms with E-state index in [9.17, 15) is 4.79 Å². The molecule has 1 heterocycles. The van der Waals surface area contributed by atoms with E-state index in [2.05, 4.69) is 16.4 Å². The third kappa shape index (κ3) is 5.07. The summed E-state index contributed by atoms with van der Waals surface area (Å²) >= 11 is 7.41. The number of nitrogens with zero attached hydrogens (tertiary/aromatic N) is 1. The Morgan fingerprint density at radius 2 is 1.85 bits per heavy atom. The van der Waals surface area contributed by atoms with E-state index in [0.717, 1.165) is 27.4 Å². The van der Waals surface area contributed by atoms with Crippen molar-refractivity contribution < 1.29 is 9.53 Å². The van der Waals surface area contributed by atoms with Crippen molar-refractivity contribution >= 4 is 28.8 Å². The van der Waals surface area contributed by atoms with Gasteiger partial charge in [-0.25, -0.2) is 4.98 Å². The van der Waals surface area contributed by atoms with E-state index in [1.807, 2.05) is 55.6 Å². The van der Waals surface area contributed by atoms with Gasteiger partial charge in [0, 0.05) is 16.0 Å². The highest BCUT2D eigenvalue weighted by molar-refractivity contribution is 7.09. The van der Waals surface area contributed by atoms with E-state index in [1.165, 1.54) is 11.3 Å². The lowest BCUT2D eigenvalue weighted by Crippen LogP contribution is -2.28. The van der Waals surface area contributed by atoms with Crippen molar-refractivity contribution in [2.24, 2.45) is 0 Å². The van der Waals surface area contributed by atoms with Crippen molar-refractivity contribution in [1.82, 2.24) is 10.3 Å². The molecule has 0 bridgehead atoms. The van der Waals surface area contributed by atoms with Gasteiger partial charge in [0.2, 0.25) is 0 Å². The van der Waals surface area contributed by atoms with Crippen molar-refractivity contribution in [3.05, 3.63) is 69.0 Å². The summed E-state index contributed by atoms with van der Waals surface area (Å²) in [5.41, 5.74) is 4.10. The number of thiazole rings is 1. The number of carbonyl (C=O) groups excluding carboxylic acids is 1. The summed E-state index contributed by atoms with van der Waals surface area (Å²) in [6, 6.07) is 13.4. The Morgan fingerprint density at radius 3 is 2.54 bits per heavy atom. The lowest BCUT2D eigenvalue weighted by atomic mass is 10.1. The summed E-state index contributed by atoms with van der Waals surface area (Å²) in [5.74, 6) is 0.532. The molecule has 0 aliphatic heterocycles. The van der Waals surface area contributed by atoms with Crippen LogP contribution in [-0.4, -0.2) is 17.5 Å². The third-order valence-electron chi connectivity index (χ3n) is 3.69. The second-order valence-corrected chi connectivity index (χ2v) is 7.40. The van der Waals surface area contributed by atoms with Crippen LogP contribution in [0.4, 0.5) is 0 Å². The third-order valence-corrected chi connectivity index (χ3v) is 4.79. The predicted octanol–water partition coefficient (Wildman–Crippen LogP) is 4.78. The summed E-state index contributed by atoms with van der Waals surface area (Å²) in [6.07, 6.45) is 0. The maximum absolute atomic E-state index is 12.0. The molecule has 3 aromatic rings. The average molecular weight is 387 g/mol. The summed E-state index contributed by atoms with van der Waals surface area (Å²) in [5, 5.41) is 6.34. The molecule has 4 nitrogen and oxygen atoms in total. The molecule has 6 heteroatoms. The maximum Gasteiger partial charge on any atom is 0.258 e. The minimum Gasteiger partial charge on any atom is -0.484 e. The van der Waals surface area contributed by atoms with E-state index < -0.39 is 0 Å². The highest BCUT2D eigenvalue weighted by Crippen LogP contribution is 2.23. The van der Waals surface area contributed by atoms with Gasteiger partial charge in [0.1, 0.15) is 10.8 Å². The number of aromatic nitrogens is 1. The number of nitrogens with one attached hydrogen (secondary N) is 1. The van der Waals surface area contributed by atoms with Gasteiger partial charge in [0.25, 0.3) is 5.91 Å². The van der Waals surface area contributed by atoms with Gasteiger partial charge >= 0.3 is 0 Å². The van der Waals surface area contributed by atoms with E-state index in [0.29, 0.717) is 17.3 Å². The summed E-state index contributed by atoms with van der Waals surface area (Å²) in [6.45, 7) is 4.37. The molecule has 0 radical (unpaired) electrons. The summed E-state index contributed by atoms with van der Waals surface area (Å²) < 4.78 is 5.56. The van der Waals surface area contributed by atoms with E-state index in [4.69, 9.17) is 16.3 Å². The molecule has 2 aromatic carbocycles. The Labute approximate surface area is 161 Å². The highest BCUT2D eigenvalue weighted by Gasteiger charge is 2.08. The zero-order chi connectivity index (χ0) is 18.5. The molecule has 0 fully saturated rings. The zero-order valence-corrected chi connectivity index (χ0v) is 16.2. The van der Waals surface area contributed by atoms with Crippen LogP contribution in [0.25, 0.3) is 11.3 Å². The molecule has 0 aliphatic rings. The maximum atomic E-state index is 12.0. The van der Waals surface area contributed by atoms with Crippen LogP contribution in [-0.2, 0) is 11.3 Å². The number of halogens is 1. The quantitative estimate of drug-likeness (QED) is 0.663. The van der Waals surface area contributed by atoms with Crippen LogP contribution in [0.3, 0.4) is 0 Å². The van der Waals surface area contributed by atoms with Crippen LogP contribution < -0.4 is 10.1 Å². The predicted molar refractivity (Wildman–Crippen MR) is 106 cm³/mol. The van der Waals surface area contributed by atoms with Crippen molar-refractivity contribution in [2.75, 3.05) is 6.61 Å². The Balaban J connectivity index is 1.51. The van der Waals surface area contributed by atoms with Gasteiger partial charge < -0.3 is 10.1 Å². The first kappa shape index (κ1) is 18.4. The molecule has 1 N–H and O–H groups in total. The number of hydrogen-bond acceptors (Lipinski definition) is 4. The van der Waals surface area contributed by atoms with E-state index >= 15 is 0 Å². The molecule has 0 saturated carbocycles. The molecule has 134 valence electrons. The molecule has 0 aliphatic carbocycles. The lowest BCUT2D eigenvalue weighted by molar-refractivity contribution is -0.123. The standard InChI is InChI=1S/C20H19ClN2O2S/c1-13-7-14(2)9-17(8-13)25-11-19(24)22-10-20-23-18(12-26-20)15-3-5-16(21)6-4-15/h3-9,12H,10-11H2,1-2H3,(H,22,24). The van der Waals surface area contributed by atoms with Crippen molar-refractivity contribution in [1.29, 1.82) is 0 Å². The Bertz CT molecular complexity index is 886. The van der Waals surface area contributed by atoms with Gasteiger partial charge in [0.05, 0.1) is 12.2 Å². The monoisotopic (exact) mass is 386 g/mol. The first-order valence-electron chi connectivity index (χ1n) is 8.18. The smallest absolute Gasteiger partial charge is 0.258 e. The number of rotatable bonds is 6. The van der Waals surface area contributed by atoms with Gasteiger partial charge in [-0.05, 0) is 49.2 Å². The fourth-order valence-electron chi connectivity index (χ4n) is 2.54. The first-order chi connectivity index (χ1) is 12.5. The molecule has 1 aromatic heterocycles. The Hall–Kier alpha value is -2.37. The normalized spacial score (nSPS) is 10.6. The topological polar surface area (TPSA) is 51.2 Å². The van der Waals surface area contributed by atoms with Crippen LogP contribution in [0.5, 0.6) is 5.75 Å². The average Bonchev–Trinajstić information content (AvgIpc) is 3.07. The molecule has 3 rings (SSSR count). The molecule has 0 saturated heterocycles. The first-order valence-corrected chi connectivity index (χ1v) is 9.43. The highest BCUT2D eigenvalue weighted by atomic mass is 35.5. The fraction of sp³-hybridized carbons (Fsp3) is 0.200.